The molecule has 2 N–H and O–H groups in total. The van der Waals surface area contributed by atoms with Gasteiger partial charge in [-0.05, 0) is 36.2 Å². The first-order chi connectivity index (χ1) is 14.5. The van der Waals surface area contributed by atoms with E-state index in [9.17, 15) is 9.59 Å². The van der Waals surface area contributed by atoms with Crippen LogP contribution in [0.5, 0.6) is 0 Å². The standard InChI is InChI=1S/C25H26N2O2S/c1-18(2)30-23-15-9-7-13-21(23)25(29)27-22-14-8-6-12-20(22)24(28)26-17-16-19-10-4-3-5-11-19/h3-15,18H,16-17H2,1-2H3,(H,26,28)(H,27,29). The summed E-state index contributed by atoms with van der Waals surface area (Å²) in [5.74, 6) is -0.421. The van der Waals surface area contributed by atoms with Crippen molar-refractivity contribution in [2.24, 2.45) is 0 Å². The van der Waals surface area contributed by atoms with Crippen LogP contribution in [0.1, 0.15) is 40.1 Å². The van der Waals surface area contributed by atoms with E-state index in [1.165, 1.54) is 5.56 Å². The van der Waals surface area contributed by atoms with E-state index in [0.717, 1.165) is 11.3 Å². The second-order valence-electron chi connectivity index (χ2n) is 7.15. The molecule has 4 nitrogen and oxygen atoms in total. The molecule has 0 bridgehead atoms. The molecule has 0 aromatic heterocycles. The highest BCUT2D eigenvalue weighted by Gasteiger charge is 2.16. The molecule has 0 aliphatic carbocycles. The van der Waals surface area contributed by atoms with Crippen LogP contribution in [0.4, 0.5) is 5.69 Å². The normalized spacial score (nSPS) is 10.6. The van der Waals surface area contributed by atoms with Gasteiger partial charge in [0.1, 0.15) is 0 Å². The molecule has 0 fully saturated rings. The second kappa shape index (κ2) is 10.6. The largest absolute Gasteiger partial charge is 0.352 e. The summed E-state index contributed by atoms with van der Waals surface area (Å²) in [6.07, 6.45) is 0.751. The number of hydrogen-bond acceptors (Lipinski definition) is 3. The van der Waals surface area contributed by atoms with Gasteiger partial charge in [-0.1, -0.05) is 68.4 Å². The minimum Gasteiger partial charge on any atom is -0.352 e. The van der Waals surface area contributed by atoms with E-state index in [1.807, 2.05) is 60.7 Å². The van der Waals surface area contributed by atoms with Crippen molar-refractivity contribution in [1.82, 2.24) is 5.32 Å². The van der Waals surface area contributed by atoms with Gasteiger partial charge in [-0.25, -0.2) is 0 Å². The van der Waals surface area contributed by atoms with Crippen molar-refractivity contribution >= 4 is 29.3 Å². The van der Waals surface area contributed by atoms with Gasteiger partial charge < -0.3 is 10.6 Å². The maximum Gasteiger partial charge on any atom is 0.256 e. The maximum absolute atomic E-state index is 12.9. The molecule has 0 heterocycles. The third-order valence-corrected chi connectivity index (χ3v) is 5.54. The Morgan fingerprint density at radius 1 is 0.800 bits per heavy atom. The number of anilines is 1. The Balaban J connectivity index is 1.69. The maximum atomic E-state index is 12.9. The SMILES string of the molecule is CC(C)Sc1ccccc1C(=O)Nc1ccccc1C(=O)NCCc1ccccc1. The molecule has 0 unspecified atom stereocenters. The summed E-state index contributed by atoms with van der Waals surface area (Å²) < 4.78 is 0. The minimum absolute atomic E-state index is 0.202. The van der Waals surface area contributed by atoms with Gasteiger partial charge in [-0.15, -0.1) is 11.8 Å². The van der Waals surface area contributed by atoms with E-state index >= 15 is 0 Å². The molecule has 0 spiro atoms. The first-order valence-corrected chi connectivity index (χ1v) is 10.9. The Morgan fingerprint density at radius 2 is 1.43 bits per heavy atom. The summed E-state index contributed by atoms with van der Waals surface area (Å²) >= 11 is 1.64. The lowest BCUT2D eigenvalue weighted by atomic mass is 10.1. The van der Waals surface area contributed by atoms with E-state index in [-0.39, 0.29) is 11.8 Å². The number of thioether (sulfide) groups is 1. The van der Waals surface area contributed by atoms with Crippen LogP contribution in [0.2, 0.25) is 0 Å². The third-order valence-electron chi connectivity index (χ3n) is 4.46. The summed E-state index contributed by atoms with van der Waals surface area (Å²) in [6, 6.07) is 24.6. The van der Waals surface area contributed by atoms with Crippen molar-refractivity contribution in [2.45, 2.75) is 30.4 Å². The van der Waals surface area contributed by atoms with Crippen LogP contribution in [-0.2, 0) is 6.42 Å². The average molecular weight is 419 g/mol. The molecule has 0 saturated carbocycles. The van der Waals surface area contributed by atoms with Gasteiger partial charge >= 0.3 is 0 Å². The molecule has 154 valence electrons. The quantitative estimate of drug-likeness (QED) is 0.481. The van der Waals surface area contributed by atoms with Crippen LogP contribution in [0.25, 0.3) is 0 Å². The summed E-state index contributed by atoms with van der Waals surface area (Å²) in [6.45, 7) is 4.71. The summed E-state index contributed by atoms with van der Waals surface area (Å²) in [5.41, 5.74) is 2.73. The molecule has 0 atom stereocenters. The number of amides is 2. The van der Waals surface area contributed by atoms with Gasteiger partial charge in [0.05, 0.1) is 16.8 Å². The third kappa shape index (κ3) is 5.97. The van der Waals surface area contributed by atoms with Crippen LogP contribution < -0.4 is 10.6 Å². The van der Waals surface area contributed by atoms with Crippen LogP contribution >= 0.6 is 11.8 Å². The van der Waals surface area contributed by atoms with Crippen molar-refractivity contribution in [3.63, 3.8) is 0 Å². The van der Waals surface area contributed by atoms with Crippen molar-refractivity contribution in [1.29, 1.82) is 0 Å². The van der Waals surface area contributed by atoms with Crippen LogP contribution in [-0.4, -0.2) is 23.6 Å². The lowest BCUT2D eigenvalue weighted by Crippen LogP contribution is -2.27. The van der Waals surface area contributed by atoms with Crippen LogP contribution in [0.3, 0.4) is 0 Å². The summed E-state index contributed by atoms with van der Waals surface area (Å²) in [5, 5.41) is 6.22. The fraction of sp³-hybridized carbons (Fsp3) is 0.200. The fourth-order valence-electron chi connectivity index (χ4n) is 3.05. The minimum atomic E-state index is -0.219. The fourth-order valence-corrected chi connectivity index (χ4v) is 4.00. The highest BCUT2D eigenvalue weighted by atomic mass is 32.2. The van der Waals surface area contributed by atoms with Gasteiger partial charge in [0.25, 0.3) is 11.8 Å². The van der Waals surface area contributed by atoms with Crippen molar-refractivity contribution < 1.29 is 9.59 Å². The number of hydrogen-bond donors (Lipinski definition) is 2. The summed E-state index contributed by atoms with van der Waals surface area (Å²) in [7, 11) is 0. The van der Waals surface area contributed by atoms with E-state index in [4.69, 9.17) is 0 Å². The molecule has 5 heteroatoms. The number of carbonyl (C=O) groups excluding carboxylic acids is 2. The topological polar surface area (TPSA) is 58.2 Å². The van der Waals surface area contributed by atoms with Gasteiger partial charge in [-0.2, -0.15) is 0 Å². The molecule has 2 amide bonds. The Hall–Kier alpha value is -3.05. The molecule has 0 saturated heterocycles. The number of para-hydroxylation sites is 1. The Morgan fingerprint density at radius 3 is 2.17 bits per heavy atom. The Kier molecular flexibility index (Phi) is 7.69. The van der Waals surface area contributed by atoms with E-state index in [0.29, 0.717) is 28.6 Å². The molecule has 3 aromatic carbocycles. The molecular formula is C25H26N2O2S. The lowest BCUT2D eigenvalue weighted by Gasteiger charge is -2.14. The molecule has 30 heavy (non-hydrogen) atoms. The zero-order valence-corrected chi connectivity index (χ0v) is 18.0. The van der Waals surface area contributed by atoms with Crippen molar-refractivity contribution in [3.05, 3.63) is 95.6 Å². The second-order valence-corrected chi connectivity index (χ2v) is 8.77. The number of nitrogens with one attached hydrogen (secondary N) is 2. The van der Waals surface area contributed by atoms with Gasteiger partial charge in [0.2, 0.25) is 0 Å². The predicted octanol–water partition coefficient (Wildman–Crippen LogP) is 5.41. The molecule has 3 rings (SSSR count). The highest BCUT2D eigenvalue weighted by molar-refractivity contribution is 8.00. The van der Waals surface area contributed by atoms with E-state index in [1.54, 1.807) is 30.0 Å². The molecule has 3 aromatic rings. The molecule has 0 radical (unpaired) electrons. The smallest absolute Gasteiger partial charge is 0.256 e. The number of benzene rings is 3. The number of carbonyl (C=O) groups is 2. The van der Waals surface area contributed by atoms with Crippen LogP contribution in [0, 0.1) is 0 Å². The zero-order valence-electron chi connectivity index (χ0n) is 17.2. The molecule has 0 aliphatic heterocycles. The first kappa shape index (κ1) is 21.7. The van der Waals surface area contributed by atoms with Gasteiger partial charge in [0, 0.05) is 16.7 Å². The monoisotopic (exact) mass is 418 g/mol. The van der Waals surface area contributed by atoms with E-state index < -0.39 is 0 Å². The summed E-state index contributed by atoms with van der Waals surface area (Å²) in [4.78, 5) is 26.6. The molecular weight excluding hydrogens is 392 g/mol. The van der Waals surface area contributed by atoms with Crippen molar-refractivity contribution in [3.8, 4) is 0 Å². The van der Waals surface area contributed by atoms with Gasteiger partial charge in [0.15, 0.2) is 0 Å². The zero-order chi connectivity index (χ0) is 21.3. The predicted molar refractivity (Wildman–Crippen MR) is 124 cm³/mol. The first-order valence-electron chi connectivity index (χ1n) is 10.0. The van der Waals surface area contributed by atoms with E-state index in [2.05, 4.69) is 24.5 Å². The molecule has 0 aliphatic rings. The van der Waals surface area contributed by atoms with Gasteiger partial charge in [-0.3, -0.25) is 9.59 Å². The highest BCUT2D eigenvalue weighted by Crippen LogP contribution is 2.27. The lowest BCUT2D eigenvalue weighted by molar-refractivity contribution is 0.0955. The van der Waals surface area contributed by atoms with Crippen molar-refractivity contribution in [2.75, 3.05) is 11.9 Å². The average Bonchev–Trinajstić information content (AvgIpc) is 2.74. The van der Waals surface area contributed by atoms with Crippen LogP contribution in [0.15, 0.2) is 83.8 Å². The number of rotatable bonds is 8. The Bertz CT molecular complexity index is 1000. The Labute approximate surface area is 182 Å².